The van der Waals surface area contributed by atoms with Crippen LogP contribution in [0.5, 0.6) is 0 Å². The lowest BCUT2D eigenvalue weighted by molar-refractivity contribution is 0.0943. The molecule has 0 radical (unpaired) electrons. The van der Waals surface area contributed by atoms with Crippen LogP contribution in [-0.2, 0) is 6.54 Å². The molecule has 6 nitrogen and oxygen atoms in total. The molecule has 2 amide bonds. The predicted molar refractivity (Wildman–Crippen MR) is 119 cm³/mol. The maximum atomic E-state index is 12.7. The summed E-state index contributed by atoms with van der Waals surface area (Å²) < 4.78 is 5.68. The summed E-state index contributed by atoms with van der Waals surface area (Å²) in [5.41, 5.74) is 2.02. The first-order valence-electron chi connectivity index (χ1n) is 8.71. The van der Waals surface area contributed by atoms with Gasteiger partial charge in [0.1, 0.15) is 0 Å². The first-order valence-corrected chi connectivity index (χ1v) is 9.91. The lowest BCUT2D eigenvalue weighted by atomic mass is 10.1. The smallest absolute Gasteiger partial charge is 0.293 e. The van der Waals surface area contributed by atoms with Gasteiger partial charge >= 0.3 is 0 Å². The quantitative estimate of drug-likeness (QED) is 0.547. The van der Waals surface area contributed by atoms with Crippen LogP contribution in [0.3, 0.4) is 0 Å². The SMILES string of the molecule is CN(C(=S)NC(=O)c1ccc(Br)o1)c1ccccc1C(=O)NCc1ccccc1. The number of thiocarbonyl (C=S) groups is 1. The van der Waals surface area contributed by atoms with Crippen molar-refractivity contribution in [2.24, 2.45) is 0 Å². The average molecular weight is 472 g/mol. The molecule has 0 bridgehead atoms. The third-order valence-electron chi connectivity index (χ3n) is 4.13. The van der Waals surface area contributed by atoms with E-state index in [1.807, 2.05) is 30.3 Å². The van der Waals surface area contributed by atoms with Gasteiger partial charge < -0.3 is 14.6 Å². The highest BCUT2D eigenvalue weighted by atomic mass is 79.9. The van der Waals surface area contributed by atoms with Gasteiger partial charge in [-0.1, -0.05) is 42.5 Å². The molecule has 0 saturated carbocycles. The molecule has 0 aliphatic heterocycles. The number of carbonyl (C=O) groups excluding carboxylic acids is 2. The number of hydrogen-bond acceptors (Lipinski definition) is 4. The molecule has 0 saturated heterocycles. The Balaban J connectivity index is 1.70. The highest BCUT2D eigenvalue weighted by molar-refractivity contribution is 9.10. The van der Waals surface area contributed by atoms with Crippen molar-refractivity contribution in [2.75, 3.05) is 11.9 Å². The number of rotatable bonds is 5. The molecule has 0 aliphatic rings. The molecule has 3 aromatic rings. The number of hydrogen-bond donors (Lipinski definition) is 2. The Morgan fingerprint density at radius 1 is 1.00 bits per heavy atom. The Bertz CT molecular complexity index is 1040. The van der Waals surface area contributed by atoms with Crippen molar-refractivity contribution in [3.63, 3.8) is 0 Å². The summed E-state index contributed by atoms with van der Waals surface area (Å²) in [6, 6.07) is 19.8. The second-order valence-corrected chi connectivity index (χ2v) is 7.28. The first kappa shape index (κ1) is 20.8. The van der Waals surface area contributed by atoms with Crippen LogP contribution in [-0.4, -0.2) is 24.0 Å². The zero-order valence-corrected chi connectivity index (χ0v) is 17.9. The average Bonchev–Trinajstić information content (AvgIpc) is 3.18. The second kappa shape index (κ2) is 9.49. The van der Waals surface area contributed by atoms with Crippen molar-refractivity contribution in [1.82, 2.24) is 10.6 Å². The van der Waals surface area contributed by atoms with Gasteiger partial charge in [0.2, 0.25) is 0 Å². The molecule has 3 rings (SSSR count). The van der Waals surface area contributed by atoms with Crippen LogP contribution < -0.4 is 15.5 Å². The van der Waals surface area contributed by atoms with Crippen molar-refractivity contribution >= 4 is 50.8 Å². The van der Waals surface area contributed by atoms with Crippen molar-refractivity contribution in [1.29, 1.82) is 0 Å². The summed E-state index contributed by atoms with van der Waals surface area (Å²) in [6.45, 7) is 0.409. The van der Waals surface area contributed by atoms with E-state index in [-0.39, 0.29) is 16.8 Å². The monoisotopic (exact) mass is 471 g/mol. The Morgan fingerprint density at radius 3 is 2.38 bits per heavy atom. The minimum atomic E-state index is -0.474. The van der Waals surface area contributed by atoms with E-state index in [4.69, 9.17) is 16.6 Å². The summed E-state index contributed by atoms with van der Waals surface area (Å²) >= 11 is 8.49. The van der Waals surface area contributed by atoms with Crippen molar-refractivity contribution in [3.05, 3.63) is 88.3 Å². The lowest BCUT2D eigenvalue weighted by Gasteiger charge is -2.22. The number of carbonyl (C=O) groups is 2. The van der Waals surface area contributed by atoms with E-state index < -0.39 is 5.91 Å². The second-order valence-electron chi connectivity index (χ2n) is 6.11. The summed E-state index contributed by atoms with van der Waals surface area (Å²) in [4.78, 5) is 26.6. The molecule has 0 fully saturated rings. The molecule has 1 aromatic heterocycles. The molecule has 1 heterocycles. The molecular formula is C21H18BrN3O3S. The van der Waals surface area contributed by atoms with Gasteiger partial charge in [0.05, 0.1) is 11.3 Å². The van der Waals surface area contributed by atoms with Gasteiger partial charge in [-0.15, -0.1) is 0 Å². The van der Waals surface area contributed by atoms with Gasteiger partial charge in [0.15, 0.2) is 15.5 Å². The fourth-order valence-electron chi connectivity index (χ4n) is 2.62. The van der Waals surface area contributed by atoms with E-state index >= 15 is 0 Å². The molecule has 148 valence electrons. The normalized spacial score (nSPS) is 10.3. The van der Waals surface area contributed by atoms with Crippen LogP contribution in [0.2, 0.25) is 0 Å². The molecular weight excluding hydrogens is 454 g/mol. The zero-order valence-electron chi connectivity index (χ0n) is 15.5. The van der Waals surface area contributed by atoms with Crippen LogP contribution in [0.25, 0.3) is 0 Å². The number of para-hydroxylation sites is 1. The van der Waals surface area contributed by atoms with Crippen LogP contribution >= 0.6 is 28.1 Å². The Kier molecular flexibility index (Phi) is 6.79. The molecule has 0 spiro atoms. The zero-order chi connectivity index (χ0) is 20.8. The molecule has 0 aliphatic carbocycles. The van der Waals surface area contributed by atoms with E-state index in [9.17, 15) is 9.59 Å². The number of nitrogens with one attached hydrogen (secondary N) is 2. The fourth-order valence-corrected chi connectivity index (χ4v) is 3.12. The van der Waals surface area contributed by atoms with Gasteiger partial charge in [-0.2, -0.15) is 0 Å². The van der Waals surface area contributed by atoms with Gasteiger partial charge in [-0.3, -0.25) is 14.9 Å². The summed E-state index contributed by atoms with van der Waals surface area (Å²) in [6.07, 6.45) is 0. The van der Waals surface area contributed by atoms with Crippen LogP contribution in [0, 0.1) is 0 Å². The van der Waals surface area contributed by atoms with E-state index in [1.165, 1.54) is 6.07 Å². The van der Waals surface area contributed by atoms with Crippen LogP contribution in [0.4, 0.5) is 5.69 Å². The van der Waals surface area contributed by atoms with Crippen molar-refractivity contribution in [3.8, 4) is 0 Å². The number of furan rings is 1. The highest BCUT2D eigenvalue weighted by Gasteiger charge is 2.19. The minimum Gasteiger partial charge on any atom is -0.444 e. The Morgan fingerprint density at radius 2 is 1.69 bits per heavy atom. The number of anilines is 1. The lowest BCUT2D eigenvalue weighted by Crippen LogP contribution is -2.41. The highest BCUT2D eigenvalue weighted by Crippen LogP contribution is 2.20. The third-order valence-corrected chi connectivity index (χ3v) is 4.93. The molecule has 8 heteroatoms. The Hall–Kier alpha value is -2.97. The van der Waals surface area contributed by atoms with E-state index in [1.54, 1.807) is 42.3 Å². The first-order chi connectivity index (χ1) is 14.0. The van der Waals surface area contributed by atoms with Crippen molar-refractivity contribution in [2.45, 2.75) is 6.54 Å². The standard InChI is InChI=1S/C21H18BrN3O3S/c1-25(21(29)24-20(27)17-11-12-18(22)28-17)16-10-6-5-9-15(16)19(26)23-13-14-7-3-2-4-8-14/h2-12H,13H2,1H3,(H,23,26)(H,24,27,29). The number of nitrogens with zero attached hydrogens (tertiary/aromatic N) is 1. The number of benzene rings is 2. The largest absolute Gasteiger partial charge is 0.444 e. The third kappa shape index (κ3) is 5.30. The van der Waals surface area contributed by atoms with E-state index in [0.29, 0.717) is 22.5 Å². The molecule has 2 aromatic carbocycles. The van der Waals surface area contributed by atoms with Gasteiger partial charge in [-0.05, 0) is 58.0 Å². The topological polar surface area (TPSA) is 74.6 Å². The van der Waals surface area contributed by atoms with Crippen LogP contribution in [0.15, 0.2) is 75.8 Å². The van der Waals surface area contributed by atoms with Gasteiger partial charge in [0, 0.05) is 13.6 Å². The molecule has 2 N–H and O–H groups in total. The summed E-state index contributed by atoms with van der Waals surface area (Å²) in [5, 5.41) is 5.65. The maximum absolute atomic E-state index is 12.7. The van der Waals surface area contributed by atoms with Gasteiger partial charge in [0.25, 0.3) is 11.8 Å². The number of amides is 2. The van der Waals surface area contributed by atoms with Crippen LogP contribution in [0.1, 0.15) is 26.5 Å². The van der Waals surface area contributed by atoms with E-state index in [2.05, 4.69) is 26.6 Å². The molecule has 0 atom stereocenters. The van der Waals surface area contributed by atoms with Crippen molar-refractivity contribution < 1.29 is 14.0 Å². The minimum absolute atomic E-state index is 0.126. The molecule has 0 unspecified atom stereocenters. The summed E-state index contributed by atoms with van der Waals surface area (Å²) in [5.74, 6) is -0.583. The number of halogens is 1. The fraction of sp³-hybridized carbons (Fsp3) is 0.0952. The maximum Gasteiger partial charge on any atom is 0.293 e. The predicted octanol–water partition coefficient (Wildman–Crippen LogP) is 4.12. The Labute approximate surface area is 182 Å². The molecule has 29 heavy (non-hydrogen) atoms. The van der Waals surface area contributed by atoms with Gasteiger partial charge in [-0.25, -0.2) is 0 Å². The summed E-state index contributed by atoms with van der Waals surface area (Å²) in [7, 11) is 1.68. The van der Waals surface area contributed by atoms with E-state index in [0.717, 1.165) is 5.56 Å².